The molecule has 0 saturated heterocycles. The van der Waals surface area contributed by atoms with E-state index in [0.29, 0.717) is 5.39 Å². The van der Waals surface area contributed by atoms with Crippen molar-refractivity contribution in [3.05, 3.63) is 42.0 Å². The summed E-state index contributed by atoms with van der Waals surface area (Å²) in [6.07, 6.45) is 0. The van der Waals surface area contributed by atoms with Gasteiger partial charge < -0.3 is 15.2 Å². The van der Waals surface area contributed by atoms with E-state index in [2.05, 4.69) is 26.0 Å². The number of alkyl halides is 1. The predicted octanol–water partition coefficient (Wildman–Crippen LogP) is 2.21. The van der Waals surface area contributed by atoms with Crippen LogP contribution in [-0.4, -0.2) is 35.5 Å². The van der Waals surface area contributed by atoms with E-state index in [1.807, 2.05) is 12.1 Å². The van der Waals surface area contributed by atoms with E-state index in [1.54, 1.807) is 24.3 Å². The second-order valence-corrected chi connectivity index (χ2v) is 5.49. The first kappa shape index (κ1) is 15.3. The fraction of sp³-hybridized carbons (Fsp3) is 0.200. The van der Waals surface area contributed by atoms with Crippen molar-refractivity contribution in [2.24, 2.45) is 0 Å². The summed E-state index contributed by atoms with van der Waals surface area (Å²) >= 11 is 3.11. The van der Waals surface area contributed by atoms with Gasteiger partial charge in [-0.1, -0.05) is 46.3 Å². The number of esters is 1. The molecule has 0 aliphatic heterocycles. The quantitative estimate of drug-likeness (QED) is 0.654. The molecular formula is C15H14BrNO4. The zero-order valence-corrected chi connectivity index (χ0v) is 12.9. The number of methoxy groups -OCH3 is 1. The van der Waals surface area contributed by atoms with Crippen LogP contribution in [0.25, 0.3) is 10.8 Å². The molecule has 6 heteroatoms. The minimum Gasteiger partial charge on any atom is -0.506 e. The number of nitrogens with one attached hydrogen (secondary N) is 1. The van der Waals surface area contributed by atoms with Gasteiger partial charge in [-0.3, -0.25) is 9.59 Å². The largest absolute Gasteiger partial charge is 0.506 e. The summed E-state index contributed by atoms with van der Waals surface area (Å²) in [6, 6.07) is 10.5. The molecule has 2 aromatic carbocycles. The van der Waals surface area contributed by atoms with Crippen LogP contribution in [0.1, 0.15) is 10.4 Å². The maximum Gasteiger partial charge on any atom is 0.321 e. The lowest BCUT2D eigenvalue weighted by atomic mass is 10.0. The van der Waals surface area contributed by atoms with Gasteiger partial charge in [0.25, 0.3) is 5.91 Å². The molecule has 2 N–H and O–H groups in total. The number of hydrogen-bond donors (Lipinski definition) is 2. The van der Waals surface area contributed by atoms with E-state index in [4.69, 9.17) is 0 Å². The average molecular weight is 352 g/mol. The number of carbonyl (C=O) groups is 2. The van der Waals surface area contributed by atoms with Crippen molar-refractivity contribution in [2.75, 3.05) is 13.7 Å². The lowest BCUT2D eigenvalue weighted by Crippen LogP contribution is -2.33. The van der Waals surface area contributed by atoms with Gasteiger partial charge in [0.2, 0.25) is 0 Å². The number of ether oxygens (including phenoxy) is 1. The first-order valence-electron chi connectivity index (χ1n) is 6.25. The van der Waals surface area contributed by atoms with Crippen LogP contribution in [0.4, 0.5) is 0 Å². The molecule has 0 radical (unpaired) electrons. The highest BCUT2D eigenvalue weighted by molar-refractivity contribution is 9.10. The van der Waals surface area contributed by atoms with Gasteiger partial charge in [0.1, 0.15) is 10.6 Å². The highest BCUT2D eigenvalue weighted by atomic mass is 79.9. The first-order valence-corrected chi connectivity index (χ1v) is 7.17. The molecule has 21 heavy (non-hydrogen) atoms. The third kappa shape index (κ3) is 3.33. The second-order valence-electron chi connectivity index (χ2n) is 4.38. The number of rotatable bonds is 4. The van der Waals surface area contributed by atoms with Gasteiger partial charge in [0.05, 0.1) is 12.7 Å². The number of phenols is 1. The van der Waals surface area contributed by atoms with Crippen LogP contribution in [0, 0.1) is 0 Å². The molecule has 0 saturated carbocycles. The van der Waals surface area contributed by atoms with Crippen LogP contribution >= 0.6 is 15.9 Å². The molecule has 0 bridgehead atoms. The second kappa shape index (κ2) is 6.58. The maximum absolute atomic E-state index is 12.1. The van der Waals surface area contributed by atoms with E-state index < -0.39 is 16.7 Å². The van der Waals surface area contributed by atoms with Gasteiger partial charge in [-0.2, -0.15) is 0 Å². The molecule has 1 atom stereocenters. The van der Waals surface area contributed by atoms with Gasteiger partial charge in [0, 0.05) is 11.9 Å². The number of phenolic OH excluding ortho intramolecular Hbond substituents is 1. The van der Waals surface area contributed by atoms with E-state index in [1.165, 1.54) is 7.11 Å². The zero-order valence-electron chi connectivity index (χ0n) is 11.3. The highest BCUT2D eigenvalue weighted by Crippen LogP contribution is 2.28. The van der Waals surface area contributed by atoms with Gasteiger partial charge >= 0.3 is 5.97 Å². The van der Waals surface area contributed by atoms with E-state index >= 15 is 0 Å². The Morgan fingerprint density at radius 2 is 2.00 bits per heavy atom. The summed E-state index contributed by atoms with van der Waals surface area (Å²) in [6.45, 7) is 0.0672. The molecule has 1 amide bonds. The van der Waals surface area contributed by atoms with E-state index in [-0.39, 0.29) is 17.9 Å². The molecule has 2 rings (SSSR count). The van der Waals surface area contributed by atoms with Crippen LogP contribution in [0.3, 0.4) is 0 Å². The molecule has 1 unspecified atom stereocenters. The Labute approximate surface area is 130 Å². The Morgan fingerprint density at radius 1 is 1.29 bits per heavy atom. The number of aromatic hydroxyl groups is 1. The summed E-state index contributed by atoms with van der Waals surface area (Å²) in [4.78, 5) is 22.7. The third-order valence-electron chi connectivity index (χ3n) is 3.04. The van der Waals surface area contributed by atoms with Gasteiger partial charge in [-0.05, 0) is 11.5 Å². The maximum atomic E-state index is 12.1. The molecule has 0 spiro atoms. The predicted molar refractivity (Wildman–Crippen MR) is 82.7 cm³/mol. The van der Waals surface area contributed by atoms with Gasteiger partial charge in [-0.15, -0.1) is 0 Å². The van der Waals surface area contributed by atoms with Crippen LogP contribution in [0.2, 0.25) is 0 Å². The molecule has 110 valence electrons. The number of benzene rings is 2. The van der Waals surface area contributed by atoms with Crippen molar-refractivity contribution >= 4 is 38.6 Å². The molecule has 0 aliphatic carbocycles. The third-order valence-corrected chi connectivity index (χ3v) is 3.74. The minimum atomic E-state index is -0.631. The van der Waals surface area contributed by atoms with Crippen LogP contribution in [0.15, 0.2) is 36.4 Å². The number of carbonyl (C=O) groups excluding carboxylic acids is 2. The Hall–Kier alpha value is -2.08. The summed E-state index contributed by atoms with van der Waals surface area (Å²) in [5.41, 5.74) is 0.165. The zero-order chi connectivity index (χ0) is 15.4. The molecule has 0 aliphatic rings. The average Bonchev–Trinajstić information content (AvgIpc) is 2.52. The summed E-state index contributed by atoms with van der Waals surface area (Å²) < 4.78 is 4.54. The molecule has 5 nitrogen and oxygen atoms in total. The molecular weight excluding hydrogens is 338 g/mol. The molecule has 0 fully saturated rings. The molecule has 0 heterocycles. The van der Waals surface area contributed by atoms with Crippen molar-refractivity contribution in [1.29, 1.82) is 0 Å². The monoisotopic (exact) mass is 351 g/mol. The van der Waals surface area contributed by atoms with E-state index in [9.17, 15) is 14.7 Å². The Morgan fingerprint density at radius 3 is 2.71 bits per heavy atom. The van der Waals surface area contributed by atoms with Crippen LogP contribution in [-0.2, 0) is 9.53 Å². The Kier molecular flexibility index (Phi) is 4.80. The lowest BCUT2D eigenvalue weighted by Gasteiger charge is -2.11. The summed E-state index contributed by atoms with van der Waals surface area (Å²) in [7, 11) is 1.27. The SMILES string of the molecule is COC(=O)C(Br)CNC(=O)c1ccc2ccccc2c1O. The lowest BCUT2D eigenvalue weighted by molar-refractivity contribution is -0.139. The van der Waals surface area contributed by atoms with Crippen molar-refractivity contribution in [3.8, 4) is 5.75 Å². The van der Waals surface area contributed by atoms with Crippen molar-refractivity contribution in [1.82, 2.24) is 5.32 Å². The topological polar surface area (TPSA) is 75.6 Å². The standard InChI is InChI=1S/C15H14BrNO4/c1-21-15(20)12(16)8-17-14(19)11-7-6-9-4-2-3-5-10(9)13(11)18/h2-7,12,18H,8H2,1H3,(H,17,19). The Balaban J connectivity index is 2.16. The minimum absolute atomic E-state index is 0.0672. The Bertz CT molecular complexity index is 686. The van der Waals surface area contributed by atoms with Crippen LogP contribution in [0.5, 0.6) is 5.75 Å². The first-order chi connectivity index (χ1) is 10.0. The number of hydrogen-bond acceptors (Lipinski definition) is 4. The number of fused-ring (bicyclic) bond motifs is 1. The van der Waals surface area contributed by atoms with Crippen molar-refractivity contribution in [3.63, 3.8) is 0 Å². The molecule has 0 aromatic heterocycles. The van der Waals surface area contributed by atoms with Crippen LogP contribution < -0.4 is 5.32 Å². The molecule has 2 aromatic rings. The number of amides is 1. The summed E-state index contributed by atoms with van der Waals surface area (Å²) in [5, 5.41) is 14.2. The van der Waals surface area contributed by atoms with Crippen molar-refractivity contribution < 1.29 is 19.4 Å². The normalized spacial score (nSPS) is 11.9. The van der Waals surface area contributed by atoms with Gasteiger partial charge in [0.15, 0.2) is 0 Å². The summed E-state index contributed by atoms with van der Waals surface area (Å²) in [5.74, 6) is -1.00. The fourth-order valence-electron chi connectivity index (χ4n) is 1.93. The fourth-order valence-corrected chi connectivity index (χ4v) is 2.28. The van der Waals surface area contributed by atoms with Gasteiger partial charge in [-0.25, -0.2) is 0 Å². The van der Waals surface area contributed by atoms with Crippen molar-refractivity contribution in [2.45, 2.75) is 4.83 Å². The smallest absolute Gasteiger partial charge is 0.321 e. The van der Waals surface area contributed by atoms with E-state index in [0.717, 1.165) is 5.39 Å². The highest BCUT2D eigenvalue weighted by Gasteiger charge is 2.18. The number of halogens is 1.